The smallest absolute Gasteiger partial charge is 0.326 e. The number of amides is 2. The number of carbonyl (C=O) groups excluding carboxylic acids is 2. The van der Waals surface area contributed by atoms with Gasteiger partial charge in [0.15, 0.2) is 0 Å². The molecule has 186 valence electrons. The summed E-state index contributed by atoms with van der Waals surface area (Å²) in [6.45, 7) is 6.99. The number of anilines is 1. The molecule has 0 bridgehead atoms. The second kappa shape index (κ2) is 9.90. The maximum Gasteiger partial charge on any atom is 0.326 e. The van der Waals surface area contributed by atoms with Crippen molar-refractivity contribution in [2.75, 3.05) is 5.32 Å². The van der Waals surface area contributed by atoms with Crippen molar-refractivity contribution in [1.29, 1.82) is 0 Å². The lowest BCUT2D eigenvalue weighted by molar-refractivity contribution is -0.155. The van der Waals surface area contributed by atoms with Crippen molar-refractivity contribution in [2.45, 2.75) is 53.0 Å². The fourth-order valence-corrected chi connectivity index (χ4v) is 4.80. The molecule has 4 N–H and O–H groups in total. The minimum Gasteiger partial charge on any atom is -0.481 e. The first kappa shape index (κ1) is 25.9. The van der Waals surface area contributed by atoms with Gasteiger partial charge >= 0.3 is 11.9 Å². The molecule has 35 heavy (non-hydrogen) atoms. The SMILES string of the molecule is Cc1ccccc1C(=O)Nc1ccc(C[C@H](NC(=O)[C@H]2CC[C@@](C)(C(=O)O)C2(C)C)C(=O)O)cc1. The summed E-state index contributed by atoms with van der Waals surface area (Å²) in [5.41, 5.74) is 0.774. The Labute approximate surface area is 204 Å². The first-order valence-electron chi connectivity index (χ1n) is 11.6. The van der Waals surface area contributed by atoms with Crippen LogP contribution in [0.2, 0.25) is 0 Å². The molecule has 0 spiro atoms. The van der Waals surface area contributed by atoms with Crippen molar-refractivity contribution in [3.05, 3.63) is 65.2 Å². The van der Waals surface area contributed by atoms with E-state index in [-0.39, 0.29) is 12.3 Å². The number of carbonyl (C=O) groups is 4. The van der Waals surface area contributed by atoms with Crippen LogP contribution in [0.5, 0.6) is 0 Å². The van der Waals surface area contributed by atoms with E-state index in [1.807, 2.05) is 19.1 Å². The van der Waals surface area contributed by atoms with Gasteiger partial charge in [0.05, 0.1) is 5.41 Å². The third-order valence-corrected chi connectivity index (χ3v) is 7.67. The summed E-state index contributed by atoms with van der Waals surface area (Å²) in [7, 11) is 0. The van der Waals surface area contributed by atoms with Crippen LogP contribution < -0.4 is 10.6 Å². The van der Waals surface area contributed by atoms with Crippen molar-refractivity contribution in [1.82, 2.24) is 5.32 Å². The van der Waals surface area contributed by atoms with Crippen LogP contribution in [-0.2, 0) is 20.8 Å². The molecule has 1 fully saturated rings. The Balaban J connectivity index is 1.66. The lowest BCUT2D eigenvalue weighted by Gasteiger charge is -2.38. The second-order valence-electron chi connectivity index (χ2n) is 10.0. The van der Waals surface area contributed by atoms with E-state index in [0.717, 1.165) is 5.56 Å². The quantitative estimate of drug-likeness (QED) is 0.453. The van der Waals surface area contributed by atoms with E-state index in [2.05, 4.69) is 10.6 Å². The Morgan fingerprint density at radius 1 is 1.00 bits per heavy atom. The Kier molecular flexibility index (Phi) is 7.33. The average Bonchev–Trinajstić information content (AvgIpc) is 3.04. The molecule has 0 heterocycles. The Hall–Kier alpha value is -3.68. The second-order valence-corrected chi connectivity index (χ2v) is 10.0. The van der Waals surface area contributed by atoms with Crippen LogP contribution in [0.25, 0.3) is 0 Å². The molecule has 1 aliphatic carbocycles. The summed E-state index contributed by atoms with van der Waals surface area (Å²) in [5.74, 6) is -3.42. The molecule has 0 radical (unpaired) electrons. The molecule has 2 amide bonds. The van der Waals surface area contributed by atoms with E-state index in [1.165, 1.54) is 0 Å². The highest BCUT2D eigenvalue weighted by Gasteiger charge is 2.58. The number of aliphatic carboxylic acids is 2. The fourth-order valence-electron chi connectivity index (χ4n) is 4.80. The first-order chi connectivity index (χ1) is 16.4. The minimum atomic E-state index is -1.17. The number of benzene rings is 2. The zero-order valence-corrected chi connectivity index (χ0v) is 20.4. The Bertz CT molecular complexity index is 1140. The van der Waals surface area contributed by atoms with Gasteiger partial charge in [-0.15, -0.1) is 0 Å². The van der Waals surface area contributed by atoms with Crippen LogP contribution in [0, 0.1) is 23.7 Å². The maximum absolute atomic E-state index is 13.0. The maximum atomic E-state index is 13.0. The largest absolute Gasteiger partial charge is 0.481 e. The number of aryl methyl sites for hydroxylation is 1. The zero-order chi connectivity index (χ0) is 26.0. The van der Waals surface area contributed by atoms with Crippen molar-refractivity contribution < 1.29 is 29.4 Å². The highest BCUT2D eigenvalue weighted by Crippen LogP contribution is 2.56. The third kappa shape index (κ3) is 5.21. The number of rotatable bonds is 8. The highest BCUT2D eigenvalue weighted by molar-refractivity contribution is 6.05. The van der Waals surface area contributed by atoms with Gasteiger partial charge in [0, 0.05) is 23.6 Å². The average molecular weight is 481 g/mol. The molecule has 0 aliphatic heterocycles. The van der Waals surface area contributed by atoms with E-state index in [4.69, 9.17) is 0 Å². The van der Waals surface area contributed by atoms with Gasteiger partial charge in [-0.1, -0.05) is 44.2 Å². The molecule has 2 aromatic rings. The molecule has 8 nitrogen and oxygen atoms in total. The van der Waals surface area contributed by atoms with Crippen LogP contribution >= 0.6 is 0 Å². The summed E-state index contributed by atoms with van der Waals surface area (Å²) in [4.78, 5) is 49.2. The zero-order valence-electron chi connectivity index (χ0n) is 20.4. The minimum absolute atomic E-state index is 0.0520. The Morgan fingerprint density at radius 3 is 2.17 bits per heavy atom. The van der Waals surface area contributed by atoms with E-state index >= 15 is 0 Å². The van der Waals surface area contributed by atoms with Gasteiger partial charge in [-0.25, -0.2) is 4.79 Å². The fraction of sp³-hybridized carbons (Fsp3) is 0.407. The Morgan fingerprint density at radius 2 is 1.63 bits per heavy atom. The van der Waals surface area contributed by atoms with Gasteiger partial charge in [-0.05, 0) is 61.4 Å². The van der Waals surface area contributed by atoms with Crippen molar-refractivity contribution >= 4 is 29.4 Å². The summed E-state index contributed by atoms with van der Waals surface area (Å²) in [6, 6.07) is 12.9. The molecule has 8 heteroatoms. The number of carboxylic acid groups (broad SMARTS) is 2. The molecule has 0 aromatic heterocycles. The normalized spacial score (nSPS) is 21.7. The molecule has 3 rings (SSSR count). The molecule has 1 aliphatic rings. The van der Waals surface area contributed by atoms with Crippen LogP contribution in [0.3, 0.4) is 0 Å². The predicted molar refractivity (Wildman–Crippen MR) is 131 cm³/mol. The van der Waals surface area contributed by atoms with E-state index in [1.54, 1.807) is 57.2 Å². The molecular formula is C27H32N2O6. The number of nitrogens with one attached hydrogen (secondary N) is 2. The van der Waals surface area contributed by atoms with E-state index in [0.29, 0.717) is 29.7 Å². The molecule has 0 unspecified atom stereocenters. The summed E-state index contributed by atoms with van der Waals surface area (Å²) < 4.78 is 0. The highest BCUT2D eigenvalue weighted by atomic mass is 16.4. The summed E-state index contributed by atoms with van der Waals surface area (Å²) in [6.07, 6.45) is 0.778. The van der Waals surface area contributed by atoms with Gasteiger partial charge in [0.25, 0.3) is 5.91 Å². The van der Waals surface area contributed by atoms with Crippen LogP contribution in [-0.4, -0.2) is 40.0 Å². The lowest BCUT2D eigenvalue weighted by Crippen LogP contribution is -2.49. The standard InChI is InChI=1S/C27H32N2O6/c1-16-7-5-6-8-19(16)22(30)28-18-11-9-17(10-12-18)15-21(24(32)33)29-23(31)20-13-14-27(4,25(34)35)26(20,2)3/h5-12,20-21H,13-15H2,1-4H3,(H,28,30)(H,29,31)(H,32,33)(H,34,35)/t20-,21+,27+/m1/s1. The monoisotopic (exact) mass is 480 g/mol. The topological polar surface area (TPSA) is 133 Å². The first-order valence-corrected chi connectivity index (χ1v) is 11.6. The molecule has 1 saturated carbocycles. The van der Waals surface area contributed by atoms with Crippen molar-refractivity contribution in [2.24, 2.45) is 16.7 Å². The number of hydrogen-bond acceptors (Lipinski definition) is 4. The number of hydrogen-bond donors (Lipinski definition) is 4. The van der Waals surface area contributed by atoms with Crippen LogP contribution in [0.4, 0.5) is 5.69 Å². The van der Waals surface area contributed by atoms with Crippen molar-refractivity contribution in [3.63, 3.8) is 0 Å². The third-order valence-electron chi connectivity index (χ3n) is 7.67. The molecule has 0 saturated heterocycles. The van der Waals surface area contributed by atoms with Gasteiger partial charge in [0.1, 0.15) is 6.04 Å². The van der Waals surface area contributed by atoms with Crippen molar-refractivity contribution in [3.8, 4) is 0 Å². The van der Waals surface area contributed by atoms with Crippen LogP contribution in [0.15, 0.2) is 48.5 Å². The van der Waals surface area contributed by atoms with Gasteiger partial charge in [-0.2, -0.15) is 0 Å². The van der Waals surface area contributed by atoms with Crippen LogP contribution in [0.1, 0.15) is 55.1 Å². The van der Waals surface area contributed by atoms with E-state index < -0.39 is 40.6 Å². The van der Waals surface area contributed by atoms with Gasteiger partial charge in [-0.3, -0.25) is 14.4 Å². The molecule has 2 aromatic carbocycles. The number of carboxylic acids is 2. The predicted octanol–water partition coefficient (Wildman–Crippen LogP) is 3.89. The van der Waals surface area contributed by atoms with Gasteiger partial charge < -0.3 is 20.8 Å². The van der Waals surface area contributed by atoms with Gasteiger partial charge in [0.2, 0.25) is 5.91 Å². The summed E-state index contributed by atoms with van der Waals surface area (Å²) in [5, 5.41) is 24.8. The lowest BCUT2D eigenvalue weighted by atomic mass is 9.65. The molecule has 3 atom stereocenters. The molecular weight excluding hydrogens is 448 g/mol. The summed E-state index contributed by atoms with van der Waals surface area (Å²) >= 11 is 0. The van der Waals surface area contributed by atoms with E-state index in [9.17, 15) is 29.4 Å².